The van der Waals surface area contributed by atoms with E-state index in [-0.39, 0.29) is 11.4 Å². The lowest BCUT2D eigenvalue weighted by Gasteiger charge is -2.14. The minimum absolute atomic E-state index is 0.0446. The van der Waals surface area contributed by atoms with Crippen LogP contribution < -0.4 is 10.1 Å². The zero-order chi connectivity index (χ0) is 21.1. The summed E-state index contributed by atoms with van der Waals surface area (Å²) in [7, 11) is 0. The molecule has 30 heavy (non-hydrogen) atoms. The number of ether oxygens (including phenoxy) is 1. The van der Waals surface area contributed by atoms with Crippen molar-refractivity contribution in [1.29, 1.82) is 0 Å². The van der Waals surface area contributed by atoms with E-state index < -0.39 is 17.6 Å². The van der Waals surface area contributed by atoms with Gasteiger partial charge in [0.2, 0.25) is 0 Å². The number of fused-ring (bicyclic) bond motifs is 1. The Hall–Kier alpha value is -3.87. The lowest BCUT2D eigenvalue weighted by Crippen LogP contribution is -2.13. The Balaban J connectivity index is 1.72. The lowest BCUT2D eigenvalue weighted by atomic mass is 10.1. The van der Waals surface area contributed by atoms with E-state index in [1.54, 1.807) is 42.5 Å². The number of pyridine rings is 1. The number of nitrogens with one attached hydrogen (secondary N) is 1. The van der Waals surface area contributed by atoms with Crippen molar-refractivity contribution in [3.8, 4) is 11.5 Å². The summed E-state index contributed by atoms with van der Waals surface area (Å²) in [4.78, 5) is 16.6. The summed E-state index contributed by atoms with van der Waals surface area (Å²) in [5.41, 5.74) is -0.0968. The van der Waals surface area contributed by atoms with E-state index in [0.717, 1.165) is 17.5 Å². The van der Waals surface area contributed by atoms with E-state index in [9.17, 15) is 18.0 Å². The quantitative estimate of drug-likeness (QED) is 0.431. The second-order valence-corrected chi connectivity index (χ2v) is 6.46. The van der Waals surface area contributed by atoms with Crippen molar-refractivity contribution in [2.24, 2.45) is 0 Å². The van der Waals surface area contributed by atoms with Crippen LogP contribution in [0.4, 0.5) is 18.9 Å². The molecule has 0 fully saturated rings. The number of hydrogen-bond acceptors (Lipinski definition) is 3. The van der Waals surface area contributed by atoms with Gasteiger partial charge in [0.15, 0.2) is 0 Å². The molecule has 0 bridgehead atoms. The van der Waals surface area contributed by atoms with Crippen molar-refractivity contribution >= 4 is 22.4 Å². The molecular weight excluding hydrogens is 393 g/mol. The highest BCUT2D eigenvalue weighted by atomic mass is 19.4. The van der Waals surface area contributed by atoms with Crippen LogP contribution in [0.15, 0.2) is 85.1 Å². The molecule has 7 heteroatoms. The third-order valence-corrected chi connectivity index (χ3v) is 4.40. The maximum absolute atomic E-state index is 13.0. The maximum Gasteiger partial charge on any atom is 0.416 e. The van der Waals surface area contributed by atoms with Gasteiger partial charge in [-0.15, -0.1) is 0 Å². The molecule has 1 aromatic heterocycles. The smallest absolute Gasteiger partial charge is 0.416 e. The van der Waals surface area contributed by atoms with Crippen LogP contribution in [0.25, 0.3) is 10.8 Å². The molecule has 1 N–H and O–H groups in total. The minimum atomic E-state index is -4.47. The maximum atomic E-state index is 13.0. The van der Waals surface area contributed by atoms with Gasteiger partial charge in [0.05, 0.1) is 11.3 Å². The summed E-state index contributed by atoms with van der Waals surface area (Å²) in [5.74, 6) is -0.0381. The molecule has 150 valence electrons. The Morgan fingerprint density at radius 3 is 2.40 bits per heavy atom. The van der Waals surface area contributed by atoms with Crippen molar-refractivity contribution in [1.82, 2.24) is 4.98 Å². The Morgan fingerprint density at radius 2 is 1.67 bits per heavy atom. The van der Waals surface area contributed by atoms with E-state index >= 15 is 0 Å². The van der Waals surface area contributed by atoms with Crippen molar-refractivity contribution in [3.05, 3.63) is 96.3 Å². The second-order valence-electron chi connectivity index (χ2n) is 6.46. The highest BCUT2D eigenvalue weighted by Gasteiger charge is 2.30. The molecule has 4 nitrogen and oxygen atoms in total. The summed E-state index contributed by atoms with van der Waals surface area (Å²) in [6, 6.07) is 20.1. The number of hydrogen-bond donors (Lipinski definition) is 1. The highest BCUT2D eigenvalue weighted by molar-refractivity contribution is 6.09. The molecule has 0 radical (unpaired) electrons. The average Bonchev–Trinajstić information content (AvgIpc) is 2.74. The van der Waals surface area contributed by atoms with Crippen LogP contribution in [-0.4, -0.2) is 10.9 Å². The number of benzene rings is 3. The zero-order valence-electron chi connectivity index (χ0n) is 15.5. The van der Waals surface area contributed by atoms with Gasteiger partial charge in [-0.05, 0) is 47.9 Å². The first kappa shape index (κ1) is 19.4. The van der Waals surface area contributed by atoms with Gasteiger partial charge in [0.1, 0.15) is 17.2 Å². The Bertz CT molecular complexity index is 1200. The molecule has 4 rings (SSSR count). The lowest BCUT2D eigenvalue weighted by molar-refractivity contribution is -0.137. The molecule has 0 spiro atoms. The topological polar surface area (TPSA) is 51.2 Å². The number of halogens is 3. The Morgan fingerprint density at radius 1 is 0.900 bits per heavy atom. The van der Waals surface area contributed by atoms with Crippen molar-refractivity contribution < 1.29 is 22.7 Å². The summed E-state index contributed by atoms with van der Waals surface area (Å²) in [6.45, 7) is 0. The monoisotopic (exact) mass is 408 g/mol. The second kappa shape index (κ2) is 7.87. The molecule has 3 aromatic carbocycles. The van der Waals surface area contributed by atoms with Gasteiger partial charge in [-0.3, -0.25) is 9.78 Å². The van der Waals surface area contributed by atoms with Crippen LogP contribution in [0.1, 0.15) is 16.1 Å². The molecule has 0 saturated carbocycles. The van der Waals surface area contributed by atoms with Crippen molar-refractivity contribution in [2.75, 3.05) is 5.32 Å². The first-order valence-electron chi connectivity index (χ1n) is 9.01. The van der Waals surface area contributed by atoms with Crippen molar-refractivity contribution in [3.63, 3.8) is 0 Å². The Labute approximate surface area is 169 Å². The molecule has 0 saturated heterocycles. The predicted octanol–water partition coefficient (Wildman–Crippen LogP) is 6.30. The van der Waals surface area contributed by atoms with Gasteiger partial charge >= 0.3 is 6.18 Å². The average molecular weight is 408 g/mol. The molecular formula is C23H15F3N2O2. The van der Waals surface area contributed by atoms with Crippen molar-refractivity contribution in [2.45, 2.75) is 6.18 Å². The number of anilines is 1. The number of alkyl halides is 3. The summed E-state index contributed by atoms with van der Waals surface area (Å²) < 4.78 is 44.8. The van der Waals surface area contributed by atoms with Gasteiger partial charge in [-0.25, -0.2) is 0 Å². The van der Waals surface area contributed by atoms with Crippen LogP contribution in [-0.2, 0) is 6.18 Å². The first-order chi connectivity index (χ1) is 14.4. The van der Waals surface area contributed by atoms with E-state index in [2.05, 4.69) is 10.3 Å². The van der Waals surface area contributed by atoms with Gasteiger partial charge in [-0.1, -0.05) is 36.4 Å². The van der Waals surface area contributed by atoms with E-state index in [1.165, 1.54) is 18.3 Å². The van der Waals surface area contributed by atoms with Gasteiger partial charge < -0.3 is 10.1 Å². The van der Waals surface area contributed by atoms with Crippen LogP contribution in [0.3, 0.4) is 0 Å². The van der Waals surface area contributed by atoms with Crippen LogP contribution in [0.5, 0.6) is 11.5 Å². The van der Waals surface area contributed by atoms with Crippen LogP contribution in [0.2, 0.25) is 0 Å². The van der Waals surface area contributed by atoms with E-state index in [4.69, 9.17) is 4.74 Å². The number of rotatable bonds is 4. The third kappa shape index (κ3) is 4.10. The summed E-state index contributed by atoms with van der Waals surface area (Å²) >= 11 is 0. The fraction of sp³-hybridized carbons (Fsp3) is 0.0435. The highest BCUT2D eigenvalue weighted by Crippen LogP contribution is 2.37. The van der Waals surface area contributed by atoms with Crippen LogP contribution in [0, 0.1) is 0 Å². The fourth-order valence-electron chi connectivity index (χ4n) is 3.04. The standard InChI is InChI=1S/C23H15F3N2O2/c24-23(25,26)16-8-5-9-17(14-16)30-20-12-4-7-15-6-3-11-18(21(15)20)28-22(29)19-10-1-2-13-27-19/h1-14H,(H,28,29). The SMILES string of the molecule is O=C(Nc1cccc2cccc(Oc3cccc(C(F)(F)F)c3)c12)c1ccccn1. The number of amides is 1. The molecule has 4 aromatic rings. The van der Waals surface area contributed by atoms with Crippen LogP contribution >= 0.6 is 0 Å². The number of carbonyl (C=O) groups is 1. The third-order valence-electron chi connectivity index (χ3n) is 4.40. The first-order valence-corrected chi connectivity index (χ1v) is 9.01. The number of aromatic nitrogens is 1. The fourth-order valence-corrected chi connectivity index (χ4v) is 3.04. The summed E-state index contributed by atoms with van der Waals surface area (Å²) in [5, 5.41) is 4.13. The Kier molecular flexibility index (Phi) is 5.10. The van der Waals surface area contributed by atoms with Gasteiger partial charge in [0, 0.05) is 11.6 Å². The molecule has 0 atom stereocenters. The van der Waals surface area contributed by atoms with E-state index in [0.29, 0.717) is 16.8 Å². The molecule has 0 aliphatic rings. The largest absolute Gasteiger partial charge is 0.457 e. The molecule has 0 aliphatic heterocycles. The number of nitrogens with zero attached hydrogens (tertiary/aromatic N) is 1. The van der Waals surface area contributed by atoms with E-state index in [1.807, 2.05) is 12.1 Å². The van der Waals surface area contributed by atoms with Gasteiger partial charge in [0.25, 0.3) is 5.91 Å². The molecule has 1 heterocycles. The molecule has 0 unspecified atom stereocenters. The number of carbonyl (C=O) groups excluding carboxylic acids is 1. The van der Waals surface area contributed by atoms with Gasteiger partial charge in [-0.2, -0.15) is 13.2 Å². The summed E-state index contributed by atoms with van der Waals surface area (Å²) in [6.07, 6.45) is -2.96. The zero-order valence-corrected chi connectivity index (χ0v) is 15.5. The normalized spacial score (nSPS) is 11.3. The predicted molar refractivity (Wildman–Crippen MR) is 108 cm³/mol. The molecule has 0 aliphatic carbocycles. The minimum Gasteiger partial charge on any atom is -0.457 e. The molecule has 1 amide bonds.